The van der Waals surface area contributed by atoms with E-state index in [0.717, 1.165) is 6.07 Å². The maximum absolute atomic E-state index is 13.5. The van der Waals surface area contributed by atoms with Crippen molar-refractivity contribution in [3.8, 4) is 5.75 Å². The van der Waals surface area contributed by atoms with Gasteiger partial charge in [-0.3, -0.25) is 4.40 Å². The van der Waals surface area contributed by atoms with Crippen LogP contribution in [-0.4, -0.2) is 25.4 Å². The van der Waals surface area contributed by atoms with Crippen LogP contribution in [-0.2, 0) is 6.61 Å². The number of fused-ring (bicyclic) bond motifs is 1. The lowest BCUT2D eigenvalue weighted by Gasteiger charge is -2.08. The number of aromatic carboxylic acids is 1. The minimum atomic E-state index is -1.38. The van der Waals surface area contributed by atoms with Gasteiger partial charge in [-0.1, -0.05) is 6.07 Å². The lowest BCUT2D eigenvalue weighted by atomic mass is 10.2. The van der Waals surface area contributed by atoms with Crippen molar-refractivity contribution < 1.29 is 19.0 Å². The number of benzene rings is 1. The number of carboxylic acids is 1. The summed E-state index contributed by atoms with van der Waals surface area (Å²) in [5.41, 5.74) is 0.0775. The van der Waals surface area contributed by atoms with Gasteiger partial charge in [0.1, 0.15) is 23.7 Å². The highest BCUT2D eigenvalue weighted by atomic mass is 19.1. The third-order valence-electron chi connectivity index (χ3n) is 2.85. The van der Waals surface area contributed by atoms with Crippen LogP contribution in [0.15, 0.2) is 42.9 Å². The van der Waals surface area contributed by atoms with Crippen molar-refractivity contribution in [2.24, 2.45) is 0 Å². The quantitative estimate of drug-likeness (QED) is 0.795. The summed E-state index contributed by atoms with van der Waals surface area (Å²) in [6.07, 6.45) is 5.11. The van der Waals surface area contributed by atoms with Crippen LogP contribution in [0.3, 0.4) is 0 Å². The summed E-state index contributed by atoms with van der Waals surface area (Å²) in [4.78, 5) is 19.3. The summed E-state index contributed by atoms with van der Waals surface area (Å²) in [5, 5.41) is 9.01. The van der Waals surface area contributed by atoms with Crippen LogP contribution >= 0.6 is 0 Å². The van der Waals surface area contributed by atoms with Gasteiger partial charge in [-0.15, -0.1) is 0 Å². The Balaban J connectivity index is 1.85. The number of halogens is 1. The Bertz CT molecular complexity index is 783. The van der Waals surface area contributed by atoms with Gasteiger partial charge < -0.3 is 9.84 Å². The van der Waals surface area contributed by atoms with Crippen molar-refractivity contribution in [3.63, 3.8) is 0 Å². The molecule has 21 heavy (non-hydrogen) atoms. The zero-order chi connectivity index (χ0) is 14.8. The standard InChI is InChI=1S/C14H10FN3O3/c15-10-3-1-4-11(12(10)13(19)20)21-8-9-7-18-6-2-5-16-14(18)17-9/h1-7H,8H2,(H,19,20). The zero-order valence-corrected chi connectivity index (χ0v) is 10.7. The summed E-state index contributed by atoms with van der Waals surface area (Å²) >= 11 is 0. The predicted octanol–water partition coefficient (Wildman–Crippen LogP) is 2.15. The highest BCUT2D eigenvalue weighted by molar-refractivity contribution is 5.91. The summed E-state index contributed by atoms with van der Waals surface area (Å²) in [6.45, 7) is 0.0209. The van der Waals surface area contributed by atoms with Gasteiger partial charge in [0.25, 0.3) is 0 Å². The van der Waals surface area contributed by atoms with E-state index < -0.39 is 17.3 Å². The molecule has 2 heterocycles. The SMILES string of the molecule is O=C(O)c1c(F)cccc1OCc1cn2cccnc2n1. The molecule has 1 N–H and O–H groups in total. The topological polar surface area (TPSA) is 76.7 Å². The first-order valence-electron chi connectivity index (χ1n) is 6.08. The molecule has 0 spiro atoms. The van der Waals surface area contributed by atoms with Gasteiger partial charge >= 0.3 is 5.97 Å². The van der Waals surface area contributed by atoms with E-state index in [2.05, 4.69) is 9.97 Å². The molecule has 2 aromatic heterocycles. The van der Waals surface area contributed by atoms with E-state index in [1.54, 1.807) is 29.1 Å². The van der Waals surface area contributed by atoms with E-state index in [-0.39, 0.29) is 12.4 Å². The second-order valence-electron chi connectivity index (χ2n) is 4.27. The van der Waals surface area contributed by atoms with Crippen LogP contribution in [0.4, 0.5) is 4.39 Å². The Hall–Kier alpha value is -2.96. The third-order valence-corrected chi connectivity index (χ3v) is 2.85. The average Bonchev–Trinajstić information content (AvgIpc) is 2.87. The van der Waals surface area contributed by atoms with Crippen molar-refractivity contribution in [2.75, 3.05) is 0 Å². The summed E-state index contributed by atoms with van der Waals surface area (Å²) in [5.74, 6) is -1.74. The Morgan fingerprint density at radius 3 is 3.00 bits per heavy atom. The number of hydrogen-bond acceptors (Lipinski definition) is 4. The maximum Gasteiger partial charge on any atom is 0.342 e. The van der Waals surface area contributed by atoms with Gasteiger partial charge in [-0.25, -0.2) is 19.2 Å². The molecular formula is C14H10FN3O3. The van der Waals surface area contributed by atoms with Crippen molar-refractivity contribution in [3.05, 3.63) is 59.9 Å². The van der Waals surface area contributed by atoms with Crippen LogP contribution in [0, 0.1) is 5.82 Å². The lowest BCUT2D eigenvalue weighted by molar-refractivity contribution is 0.0686. The molecule has 7 heteroatoms. The fourth-order valence-corrected chi connectivity index (χ4v) is 1.93. The number of ether oxygens (including phenoxy) is 1. The van der Waals surface area contributed by atoms with E-state index in [9.17, 15) is 9.18 Å². The van der Waals surface area contributed by atoms with E-state index in [0.29, 0.717) is 11.5 Å². The molecule has 0 saturated heterocycles. The summed E-state index contributed by atoms with van der Waals surface area (Å²) in [7, 11) is 0. The molecule has 3 aromatic rings. The average molecular weight is 287 g/mol. The molecule has 106 valence electrons. The first-order chi connectivity index (χ1) is 10.1. The number of nitrogens with zero attached hydrogens (tertiary/aromatic N) is 3. The molecule has 0 saturated carbocycles. The van der Waals surface area contributed by atoms with Crippen LogP contribution in [0.1, 0.15) is 16.1 Å². The van der Waals surface area contributed by atoms with Crippen LogP contribution < -0.4 is 4.74 Å². The van der Waals surface area contributed by atoms with E-state index in [4.69, 9.17) is 9.84 Å². The molecule has 0 aliphatic carbocycles. The second kappa shape index (κ2) is 5.20. The molecule has 0 amide bonds. The first-order valence-corrected chi connectivity index (χ1v) is 6.08. The van der Waals surface area contributed by atoms with Crippen molar-refractivity contribution >= 4 is 11.7 Å². The molecule has 0 atom stereocenters. The maximum atomic E-state index is 13.5. The summed E-state index contributed by atoms with van der Waals surface area (Å²) in [6, 6.07) is 5.63. The monoisotopic (exact) mass is 287 g/mol. The normalized spacial score (nSPS) is 10.7. The smallest absolute Gasteiger partial charge is 0.342 e. The fourth-order valence-electron chi connectivity index (χ4n) is 1.93. The number of carboxylic acid groups (broad SMARTS) is 1. The van der Waals surface area contributed by atoms with Crippen molar-refractivity contribution in [2.45, 2.75) is 6.61 Å². The Labute approximate surface area is 118 Å². The first kappa shape index (κ1) is 13.0. The van der Waals surface area contributed by atoms with Crippen molar-refractivity contribution in [1.29, 1.82) is 0 Å². The van der Waals surface area contributed by atoms with Crippen LogP contribution in [0.2, 0.25) is 0 Å². The molecule has 0 unspecified atom stereocenters. The van der Waals surface area contributed by atoms with Gasteiger partial charge in [0.2, 0.25) is 5.78 Å². The Morgan fingerprint density at radius 1 is 1.38 bits per heavy atom. The van der Waals surface area contributed by atoms with Crippen LogP contribution in [0.5, 0.6) is 5.75 Å². The molecule has 6 nitrogen and oxygen atoms in total. The van der Waals surface area contributed by atoms with E-state index in [1.807, 2.05) is 0 Å². The molecule has 0 fully saturated rings. The van der Waals surface area contributed by atoms with E-state index in [1.165, 1.54) is 12.1 Å². The molecular weight excluding hydrogens is 277 g/mol. The third kappa shape index (κ3) is 2.53. The fraction of sp³-hybridized carbons (Fsp3) is 0.0714. The molecule has 0 bridgehead atoms. The summed E-state index contributed by atoms with van der Waals surface area (Å²) < 4.78 is 20.6. The number of imidazole rings is 1. The predicted molar refractivity (Wildman–Crippen MR) is 70.7 cm³/mol. The molecule has 3 rings (SSSR count). The van der Waals surface area contributed by atoms with Crippen molar-refractivity contribution in [1.82, 2.24) is 14.4 Å². The minimum Gasteiger partial charge on any atom is -0.486 e. The zero-order valence-electron chi connectivity index (χ0n) is 10.7. The van der Waals surface area contributed by atoms with E-state index >= 15 is 0 Å². The Morgan fingerprint density at radius 2 is 2.24 bits per heavy atom. The largest absolute Gasteiger partial charge is 0.486 e. The minimum absolute atomic E-state index is 0.0209. The lowest BCUT2D eigenvalue weighted by Crippen LogP contribution is -2.06. The van der Waals surface area contributed by atoms with Gasteiger partial charge in [-0.05, 0) is 18.2 Å². The van der Waals surface area contributed by atoms with Gasteiger partial charge in [0.15, 0.2) is 0 Å². The highest BCUT2D eigenvalue weighted by Gasteiger charge is 2.17. The second-order valence-corrected chi connectivity index (χ2v) is 4.27. The number of hydrogen-bond donors (Lipinski definition) is 1. The Kier molecular flexibility index (Phi) is 3.23. The number of rotatable bonds is 4. The van der Waals surface area contributed by atoms with Gasteiger partial charge in [0.05, 0.1) is 5.69 Å². The molecule has 0 aliphatic heterocycles. The van der Waals surface area contributed by atoms with Gasteiger partial charge in [-0.2, -0.15) is 0 Å². The number of carbonyl (C=O) groups is 1. The molecule has 0 aliphatic rings. The van der Waals surface area contributed by atoms with Gasteiger partial charge in [0, 0.05) is 18.6 Å². The molecule has 0 radical (unpaired) electrons. The molecule has 1 aromatic carbocycles. The number of aromatic nitrogens is 3. The van der Waals surface area contributed by atoms with Crippen LogP contribution in [0.25, 0.3) is 5.78 Å². The highest BCUT2D eigenvalue weighted by Crippen LogP contribution is 2.22.